The zero-order chi connectivity index (χ0) is 21.4. The lowest BCUT2D eigenvalue weighted by Crippen LogP contribution is -2.41. The van der Waals surface area contributed by atoms with Gasteiger partial charge in [0.15, 0.2) is 0 Å². The molecule has 0 aliphatic rings. The minimum absolute atomic E-state index is 0.00755. The molecular formula is C24H19FN4O2. The zero-order valence-electron chi connectivity index (χ0n) is 16.6. The Bertz CT molecular complexity index is 1530. The van der Waals surface area contributed by atoms with Gasteiger partial charge in [-0.1, -0.05) is 36.4 Å². The lowest BCUT2D eigenvalue weighted by molar-refractivity contribution is 0.566. The molecule has 0 radical (unpaired) electrons. The van der Waals surface area contributed by atoms with Gasteiger partial charge in [-0.05, 0) is 36.2 Å². The summed E-state index contributed by atoms with van der Waals surface area (Å²) in [6.45, 7) is 0.202. The van der Waals surface area contributed by atoms with E-state index in [1.807, 2.05) is 30.5 Å². The summed E-state index contributed by atoms with van der Waals surface area (Å²) in [5, 5.41) is 1.39. The first-order valence-corrected chi connectivity index (χ1v) is 10.0. The Morgan fingerprint density at radius 2 is 1.65 bits per heavy atom. The molecule has 0 saturated carbocycles. The number of hydrogen-bond acceptors (Lipinski definition) is 3. The Balaban J connectivity index is 1.60. The van der Waals surface area contributed by atoms with Crippen LogP contribution in [0.4, 0.5) is 4.39 Å². The second-order valence-corrected chi connectivity index (χ2v) is 7.40. The highest BCUT2D eigenvalue weighted by molar-refractivity contribution is 5.83. The van der Waals surface area contributed by atoms with Crippen LogP contribution in [0, 0.1) is 5.82 Å². The van der Waals surface area contributed by atoms with Gasteiger partial charge in [-0.15, -0.1) is 0 Å². The number of aromatic nitrogens is 4. The molecule has 0 saturated heterocycles. The molecule has 6 nitrogen and oxygen atoms in total. The summed E-state index contributed by atoms with van der Waals surface area (Å²) < 4.78 is 16.8. The number of hydrogen-bond donors (Lipinski definition) is 1. The molecule has 3 aromatic heterocycles. The molecule has 0 spiro atoms. The van der Waals surface area contributed by atoms with Crippen molar-refractivity contribution in [3.8, 4) is 0 Å². The van der Waals surface area contributed by atoms with Crippen LogP contribution in [-0.4, -0.2) is 19.1 Å². The standard InChI is InChI=1S/C24H19FN4O2/c25-20-9-3-1-6-17(20)15-29-22-19(8-5-12-26-22)23(30)28(24(29)31)13-11-16-14-27-21-10-4-2-7-18(16)21/h1-10,12,14,27H,11,13,15H2. The van der Waals surface area contributed by atoms with E-state index in [9.17, 15) is 14.0 Å². The van der Waals surface area contributed by atoms with Gasteiger partial charge in [0.25, 0.3) is 5.56 Å². The number of H-pyrrole nitrogens is 1. The number of pyridine rings is 1. The van der Waals surface area contributed by atoms with Crippen LogP contribution >= 0.6 is 0 Å². The molecule has 0 aliphatic carbocycles. The maximum Gasteiger partial charge on any atom is 0.332 e. The molecule has 1 N–H and O–H groups in total. The molecule has 31 heavy (non-hydrogen) atoms. The van der Waals surface area contributed by atoms with Crippen molar-refractivity contribution in [3.63, 3.8) is 0 Å². The van der Waals surface area contributed by atoms with Gasteiger partial charge in [-0.25, -0.2) is 14.2 Å². The van der Waals surface area contributed by atoms with Crippen LogP contribution in [0.1, 0.15) is 11.1 Å². The van der Waals surface area contributed by atoms with Crippen molar-refractivity contribution >= 4 is 21.9 Å². The SMILES string of the molecule is O=c1c2cccnc2n(Cc2ccccc2F)c(=O)n1CCc1c[nH]c2ccccc12. The highest BCUT2D eigenvalue weighted by Gasteiger charge is 2.16. The summed E-state index contributed by atoms with van der Waals surface area (Å²) >= 11 is 0. The lowest BCUT2D eigenvalue weighted by atomic mass is 10.1. The van der Waals surface area contributed by atoms with Crippen molar-refractivity contribution in [2.45, 2.75) is 19.5 Å². The lowest BCUT2D eigenvalue weighted by Gasteiger charge is -2.14. The van der Waals surface area contributed by atoms with Gasteiger partial charge in [0, 0.05) is 35.4 Å². The second-order valence-electron chi connectivity index (χ2n) is 7.40. The molecule has 5 rings (SSSR count). The van der Waals surface area contributed by atoms with Gasteiger partial charge in [-0.3, -0.25) is 13.9 Å². The number of halogens is 1. The first-order chi connectivity index (χ1) is 15.1. The van der Waals surface area contributed by atoms with Crippen LogP contribution < -0.4 is 11.2 Å². The van der Waals surface area contributed by atoms with Crippen LogP contribution in [0.3, 0.4) is 0 Å². The second kappa shape index (κ2) is 7.68. The monoisotopic (exact) mass is 414 g/mol. The van der Waals surface area contributed by atoms with Crippen molar-refractivity contribution in [1.82, 2.24) is 19.1 Å². The number of rotatable bonds is 5. The number of para-hydroxylation sites is 1. The van der Waals surface area contributed by atoms with Gasteiger partial charge in [0.05, 0.1) is 11.9 Å². The third-order valence-corrected chi connectivity index (χ3v) is 5.55. The van der Waals surface area contributed by atoms with E-state index in [0.29, 0.717) is 17.4 Å². The fraction of sp³-hybridized carbons (Fsp3) is 0.125. The third kappa shape index (κ3) is 3.34. The molecule has 7 heteroatoms. The normalized spacial score (nSPS) is 11.4. The third-order valence-electron chi connectivity index (χ3n) is 5.55. The molecule has 2 aromatic carbocycles. The number of fused-ring (bicyclic) bond motifs is 2. The summed E-state index contributed by atoms with van der Waals surface area (Å²) in [7, 11) is 0. The Kier molecular flexibility index (Phi) is 4.71. The van der Waals surface area contributed by atoms with E-state index in [-0.39, 0.29) is 18.7 Å². The molecule has 154 valence electrons. The van der Waals surface area contributed by atoms with E-state index >= 15 is 0 Å². The smallest absolute Gasteiger partial charge is 0.332 e. The maximum absolute atomic E-state index is 14.3. The Hall–Kier alpha value is -4.00. The molecule has 0 aliphatic heterocycles. The van der Waals surface area contributed by atoms with Crippen molar-refractivity contribution in [2.75, 3.05) is 0 Å². The maximum atomic E-state index is 14.3. The highest BCUT2D eigenvalue weighted by atomic mass is 19.1. The average molecular weight is 414 g/mol. The first kappa shape index (κ1) is 19.0. The molecule has 3 heterocycles. The van der Waals surface area contributed by atoms with Gasteiger partial charge in [-0.2, -0.15) is 0 Å². The van der Waals surface area contributed by atoms with Gasteiger partial charge in [0.1, 0.15) is 11.5 Å². The topological polar surface area (TPSA) is 72.7 Å². The summed E-state index contributed by atoms with van der Waals surface area (Å²) in [6, 6.07) is 17.5. The Morgan fingerprint density at radius 1 is 0.871 bits per heavy atom. The molecule has 5 aromatic rings. The Morgan fingerprint density at radius 3 is 2.52 bits per heavy atom. The fourth-order valence-corrected chi connectivity index (χ4v) is 3.95. The van der Waals surface area contributed by atoms with Gasteiger partial charge >= 0.3 is 5.69 Å². The minimum atomic E-state index is -0.501. The van der Waals surface area contributed by atoms with Crippen LogP contribution in [-0.2, 0) is 19.5 Å². The average Bonchev–Trinajstić information content (AvgIpc) is 3.21. The first-order valence-electron chi connectivity index (χ1n) is 10.0. The van der Waals surface area contributed by atoms with Crippen molar-refractivity contribution in [2.24, 2.45) is 0 Å². The molecule has 0 fully saturated rings. The molecule has 0 bridgehead atoms. The summed E-state index contributed by atoms with van der Waals surface area (Å²) in [5.74, 6) is -0.407. The largest absolute Gasteiger partial charge is 0.361 e. The highest BCUT2D eigenvalue weighted by Crippen LogP contribution is 2.18. The minimum Gasteiger partial charge on any atom is -0.361 e. The van der Waals surface area contributed by atoms with Crippen LogP contribution in [0.15, 0.2) is 82.6 Å². The van der Waals surface area contributed by atoms with Gasteiger partial charge < -0.3 is 4.98 Å². The zero-order valence-corrected chi connectivity index (χ0v) is 16.6. The number of nitrogens with zero attached hydrogens (tertiary/aromatic N) is 3. The summed E-state index contributed by atoms with van der Waals surface area (Å²) in [6.07, 6.45) is 3.93. The molecule has 0 atom stereocenters. The van der Waals surface area contributed by atoms with Crippen molar-refractivity contribution < 1.29 is 4.39 Å². The molecule has 0 unspecified atom stereocenters. The van der Waals surface area contributed by atoms with Crippen LogP contribution in [0.5, 0.6) is 0 Å². The number of nitrogens with one attached hydrogen (secondary N) is 1. The van der Waals surface area contributed by atoms with E-state index in [1.165, 1.54) is 21.4 Å². The number of benzene rings is 2. The van der Waals surface area contributed by atoms with E-state index in [1.54, 1.807) is 30.3 Å². The number of aryl methyl sites for hydroxylation is 1. The fourth-order valence-electron chi connectivity index (χ4n) is 3.95. The molecular weight excluding hydrogens is 395 g/mol. The van der Waals surface area contributed by atoms with E-state index in [2.05, 4.69) is 9.97 Å². The quantitative estimate of drug-likeness (QED) is 0.479. The predicted molar refractivity (Wildman–Crippen MR) is 118 cm³/mol. The Labute approximate surface area is 176 Å². The van der Waals surface area contributed by atoms with Gasteiger partial charge in [0.2, 0.25) is 0 Å². The summed E-state index contributed by atoms with van der Waals surface area (Å²) in [5.41, 5.74) is 1.75. The van der Waals surface area contributed by atoms with E-state index in [0.717, 1.165) is 16.5 Å². The van der Waals surface area contributed by atoms with Crippen LogP contribution in [0.2, 0.25) is 0 Å². The van der Waals surface area contributed by atoms with Crippen molar-refractivity contribution in [3.05, 3.63) is 111 Å². The van der Waals surface area contributed by atoms with Crippen molar-refractivity contribution in [1.29, 1.82) is 0 Å². The molecule has 0 amide bonds. The van der Waals surface area contributed by atoms with E-state index < -0.39 is 17.1 Å². The van der Waals surface area contributed by atoms with E-state index in [4.69, 9.17) is 0 Å². The number of aromatic amines is 1. The summed E-state index contributed by atoms with van der Waals surface area (Å²) in [4.78, 5) is 33.8. The predicted octanol–water partition coefficient (Wildman–Crippen LogP) is 3.47. The van der Waals surface area contributed by atoms with Crippen LogP contribution in [0.25, 0.3) is 21.9 Å².